The third kappa shape index (κ3) is 41.2. The van der Waals surface area contributed by atoms with E-state index in [0.717, 1.165) is 116 Å². The fraction of sp³-hybridized carbons (Fsp3) is 0.941. The average molecular weight is 858 g/mol. The van der Waals surface area contributed by atoms with Gasteiger partial charge in [0.1, 0.15) is 0 Å². The van der Waals surface area contributed by atoms with Crippen molar-refractivity contribution in [2.24, 2.45) is 5.92 Å². The summed E-state index contributed by atoms with van der Waals surface area (Å²) in [4.78, 5) is 15.6. The van der Waals surface area contributed by atoms with E-state index >= 15 is 0 Å². The number of carbonyl (C=O) groups is 1. The number of nitrogens with zero attached hydrogens (tertiary/aromatic N) is 1. The summed E-state index contributed by atoms with van der Waals surface area (Å²) in [7, 11) is -1.63. The molecule has 0 fully saturated rings. The first kappa shape index (κ1) is 58.4. The van der Waals surface area contributed by atoms with Crippen molar-refractivity contribution in [2.75, 3.05) is 58.6 Å². The highest BCUT2D eigenvalue weighted by molar-refractivity contribution is 8.24. The number of unbranched alkanes of at least 4 members (excludes halogenated alkanes) is 22. The number of carbonyl (C=O) groups excluding carboxylic acids is 1. The van der Waals surface area contributed by atoms with Crippen molar-refractivity contribution in [3.63, 3.8) is 0 Å². The first-order chi connectivity index (χ1) is 28.8. The number of ether oxygens (including phenoxy) is 2. The van der Waals surface area contributed by atoms with Gasteiger partial charge in [0.2, 0.25) is 0 Å². The number of hydrogen-bond acceptors (Lipinski definition) is 7. The predicted molar refractivity (Wildman–Crippen MR) is 258 cm³/mol. The van der Waals surface area contributed by atoms with Crippen LogP contribution in [0.25, 0.3) is 0 Å². The van der Waals surface area contributed by atoms with Gasteiger partial charge in [0, 0.05) is 32.1 Å². The average Bonchev–Trinajstić information content (AvgIpc) is 3.22. The van der Waals surface area contributed by atoms with Crippen LogP contribution in [0.2, 0.25) is 0 Å². The van der Waals surface area contributed by atoms with Crippen LogP contribution in [0.5, 0.6) is 0 Å². The number of aliphatic hydroxyl groups is 1. The third-order valence-corrected chi connectivity index (χ3v) is 12.9. The number of esters is 1. The molecule has 1 N–H and O–H groups in total. The molecule has 0 rings (SSSR count). The van der Waals surface area contributed by atoms with Gasteiger partial charge in [-0.25, -0.2) is 0 Å². The molecule has 0 saturated heterocycles. The molecule has 2 unspecified atom stereocenters. The fourth-order valence-corrected chi connectivity index (χ4v) is 8.93. The van der Waals surface area contributed by atoms with Crippen molar-refractivity contribution < 1.29 is 27.7 Å². The minimum atomic E-state index is -1.63. The summed E-state index contributed by atoms with van der Waals surface area (Å²) in [6, 6.07) is 0. The zero-order chi connectivity index (χ0) is 43.3. The molecule has 0 radical (unpaired) electrons. The molecular formula is C51H103NO6S. The van der Waals surface area contributed by atoms with Gasteiger partial charge < -0.3 is 19.5 Å². The maximum Gasteiger partial charge on any atom is 0.308 e. The Labute approximate surface area is 370 Å². The molecule has 0 saturated carbocycles. The summed E-state index contributed by atoms with van der Waals surface area (Å²) in [5, 5.41) is 9.37. The van der Waals surface area contributed by atoms with E-state index in [1.807, 2.05) is 0 Å². The number of aliphatic hydroxyl groups excluding tert-OH is 1. The Bertz CT molecular complexity index is 888. The SMILES string of the molecule is CC/C=C\CCCCCOC(CCCCCCC)OS(C)(C)OCCCCCCN(CCCCO)CCCCCCOC(=O)C(CCCCCC)CCCCCCCC. The van der Waals surface area contributed by atoms with E-state index in [-0.39, 0.29) is 24.8 Å². The summed E-state index contributed by atoms with van der Waals surface area (Å²) in [6.45, 7) is 14.6. The molecule has 59 heavy (non-hydrogen) atoms. The molecule has 2 atom stereocenters. The zero-order valence-corrected chi connectivity index (χ0v) is 41.3. The standard InChI is InChI=1S/C51H103NO6S/c1-7-11-15-19-21-26-36-46-55-50(41-31-22-17-13-9-3)58-59(5,6)57-48-38-28-25-33-43-52(44-34-35-45-53)42-32-24-27-37-47-56-51(54)49(39-29-18-14-10-4)40-30-23-20-16-12-8-2/h11,15,49-50,53H,7-10,12-14,16-48H2,1-6H3/b15-11-. The Kier molecular flexibility index (Phi) is 44.9. The summed E-state index contributed by atoms with van der Waals surface area (Å²) in [5.74, 6) is 0.153. The van der Waals surface area contributed by atoms with E-state index in [4.69, 9.17) is 17.8 Å². The molecule has 0 aliphatic rings. The van der Waals surface area contributed by atoms with Gasteiger partial charge in [-0.2, -0.15) is 10.6 Å². The van der Waals surface area contributed by atoms with Crippen molar-refractivity contribution in [1.82, 2.24) is 4.90 Å². The molecular weight excluding hydrogens is 755 g/mol. The van der Waals surface area contributed by atoms with Crippen molar-refractivity contribution >= 4 is 16.6 Å². The van der Waals surface area contributed by atoms with Crippen LogP contribution >= 0.6 is 10.6 Å². The van der Waals surface area contributed by atoms with Crippen LogP contribution in [0.4, 0.5) is 0 Å². The molecule has 0 aromatic carbocycles. The summed E-state index contributed by atoms with van der Waals surface area (Å²) in [5.41, 5.74) is 0. The molecule has 0 aromatic heterocycles. The van der Waals surface area contributed by atoms with Gasteiger partial charge in [0.05, 0.1) is 19.1 Å². The molecule has 0 heterocycles. The van der Waals surface area contributed by atoms with Crippen molar-refractivity contribution in [1.29, 1.82) is 0 Å². The minimum Gasteiger partial charge on any atom is -0.465 e. The molecule has 0 spiro atoms. The monoisotopic (exact) mass is 858 g/mol. The summed E-state index contributed by atoms with van der Waals surface area (Å²) < 4.78 is 25.0. The molecule has 7 nitrogen and oxygen atoms in total. The van der Waals surface area contributed by atoms with Crippen molar-refractivity contribution in [3.8, 4) is 0 Å². The second-order valence-electron chi connectivity index (χ2n) is 17.7. The lowest BCUT2D eigenvalue weighted by Gasteiger charge is -2.38. The van der Waals surface area contributed by atoms with Gasteiger partial charge >= 0.3 is 5.97 Å². The van der Waals surface area contributed by atoms with Gasteiger partial charge in [0.25, 0.3) is 0 Å². The number of rotatable bonds is 48. The Morgan fingerprint density at radius 1 is 0.542 bits per heavy atom. The summed E-state index contributed by atoms with van der Waals surface area (Å²) >= 11 is 0. The largest absolute Gasteiger partial charge is 0.465 e. The molecule has 8 heteroatoms. The normalized spacial score (nSPS) is 13.5. The van der Waals surface area contributed by atoms with E-state index in [1.54, 1.807) is 0 Å². The van der Waals surface area contributed by atoms with Gasteiger partial charge in [-0.05, 0) is 103 Å². The molecule has 0 aliphatic carbocycles. The van der Waals surface area contributed by atoms with Crippen molar-refractivity contribution in [3.05, 3.63) is 12.2 Å². The smallest absolute Gasteiger partial charge is 0.308 e. The van der Waals surface area contributed by atoms with Crippen LogP contribution < -0.4 is 0 Å². The first-order valence-electron chi connectivity index (χ1n) is 25.7. The van der Waals surface area contributed by atoms with Crippen molar-refractivity contribution in [2.45, 2.75) is 246 Å². The van der Waals surface area contributed by atoms with Gasteiger partial charge in [-0.3, -0.25) is 13.2 Å². The third-order valence-electron chi connectivity index (χ3n) is 11.5. The first-order valence-corrected chi connectivity index (χ1v) is 28.0. The van der Waals surface area contributed by atoms with Gasteiger partial charge in [-0.15, -0.1) is 0 Å². The maximum absolute atomic E-state index is 13.0. The summed E-state index contributed by atoms with van der Waals surface area (Å²) in [6.07, 6.45) is 47.1. The fourth-order valence-electron chi connectivity index (χ4n) is 7.68. The Morgan fingerprint density at radius 3 is 1.61 bits per heavy atom. The van der Waals surface area contributed by atoms with Crippen LogP contribution in [-0.2, 0) is 22.6 Å². The predicted octanol–water partition coefficient (Wildman–Crippen LogP) is 15.2. The van der Waals surface area contributed by atoms with Gasteiger partial charge in [0.15, 0.2) is 6.29 Å². The van der Waals surface area contributed by atoms with E-state index in [2.05, 4.69) is 57.3 Å². The number of hydrogen-bond donors (Lipinski definition) is 1. The second-order valence-corrected chi connectivity index (χ2v) is 20.4. The topological polar surface area (TPSA) is 77.5 Å². The van der Waals surface area contributed by atoms with E-state index < -0.39 is 10.6 Å². The molecule has 0 aliphatic heterocycles. The lowest BCUT2D eigenvalue weighted by molar-refractivity contribution is -0.149. The van der Waals surface area contributed by atoms with Crippen LogP contribution in [0, 0.1) is 5.92 Å². The van der Waals surface area contributed by atoms with Crippen LogP contribution in [-0.4, -0.2) is 80.8 Å². The lowest BCUT2D eigenvalue weighted by atomic mass is 9.94. The Hall–Kier alpha value is -0.640. The highest BCUT2D eigenvalue weighted by Crippen LogP contribution is 2.44. The maximum atomic E-state index is 13.0. The number of allylic oxidation sites excluding steroid dienone is 2. The highest BCUT2D eigenvalue weighted by Gasteiger charge is 2.20. The van der Waals surface area contributed by atoms with E-state index in [1.165, 1.54) is 128 Å². The van der Waals surface area contributed by atoms with Crippen LogP contribution in [0.15, 0.2) is 12.2 Å². The van der Waals surface area contributed by atoms with E-state index in [0.29, 0.717) is 6.61 Å². The minimum absolute atomic E-state index is 0.0597. The second kappa shape index (κ2) is 45.4. The molecule has 0 aromatic rings. The Morgan fingerprint density at radius 2 is 1.02 bits per heavy atom. The lowest BCUT2D eigenvalue weighted by Crippen LogP contribution is -2.27. The molecule has 0 bridgehead atoms. The zero-order valence-electron chi connectivity index (χ0n) is 40.4. The molecule has 0 amide bonds. The Balaban J connectivity index is 4.47. The van der Waals surface area contributed by atoms with E-state index in [9.17, 15) is 9.90 Å². The quantitative estimate of drug-likeness (QED) is 0.0283. The highest BCUT2D eigenvalue weighted by atomic mass is 32.3. The van der Waals surface area contributed by atoms with Crippen LogP contribution in [0.3, 0.4) is 0 Å². The molecule has 354 valence electrons. The van der Waals surface area contributed by atoms with Gasteiger partial charge in [-0.1, -0.05) is 162 Å². The van der Waals surface area contributed by atoms with Crippen LogP contribution in [0.1, 0.15) is 240 Å².